The maximum atomic E-state index is 13.7. The first-order chi connectivity index (χ1) is 11.2. The van der Waals surface area contributed by atoms with Crippen LogP contribution in [0.1, 0.15) is 5.56 Å². The maximum Gasteiger partial charge on any atom is 0.142 e. The van der Waals surface area contributed by atoms with Crippen molar-refractivity contribution in [3.05, 3.63) is 59.7 Å². The monoisotopic (exact) mass is 318 g/mol. The van der Waals surface area contributed by atoms with Gasteiger partial charge in [0.1, 0.15) is 17.4 Å². The van der Waals surface area contributed by atoms with Crippen molar-refractivity contribution in [3.8, 4) is 5.75 Å². The molecule has 0 bridgehead atoms. The van der Waals surface area contributed by atoms with Crippen LogP contribution >= 0.6 is 0 Å². The fourth-order valence-corrected chi connectivity index (χ4v) is 2.94. The third kappa shape index (κ3) is 3.62. The molecule has 0 aromatic heterocycles. The van der Waals surface area contributed by atoms with Gasteiger partial charge in [0, 0.05) is 38.3 Å². The summed E-state index contributed by atoms with van der Waals surface area (Å²) in [4.78, 5) is 4.40. The number of hydrogen-bond acceptors (Lipinski definition) is 3. The number of methoxy groups -OCH3 is 1. The molecule has 3 nitrogen and oxygen atoms in total. The molecule has 1 fully saturated rings. The molecule has 0 saturated carbocycles. The summed E-state index contributed by atoms with van der Waals surface area (Å²) < 4.78 is 32.4. The summed E-state index contributed by atoms with van der Waals surface area (Å²) in [6, 6.07) is 11.6. The average molecular weight is 318 g/mol. The second-order valence-corrected chi connectivity index (χ2v) is 5.67. The van der Waals surface area contributed by atoms with E-state index in [9.17, 15) is 8.78 Å². The molecule has 0 N–H and O–H groups in total. The molecule has 0 unspecified atom stereocenters. The van der Waals surface area contributed by atoms with Gasteiger partial charge >= 0.3 is 0 Å². The lowest BCUT2D eigenvalue weighted by atomic mass is 10.1. The molecule has 1 heterocycles. The summed E-state index contributed by atoms with van der Waals surface area (Å²) in [5, 5.41) is 0. The van der Waals surface area contributed by atoms with Crippen molar-refractivity contribution in [3.63, 3.8) is 0 Å². The standard InChI is InChI=1S/C18H20F2N2O/c1-23-18-5-3-2-4-17(18)22-10-8-21(9-11-22)13-14-12-15(19)6-7-16(14)20/h2-7,12H,8-11,13H2,1H3. The van der Waals surface area contributed by atoms with Gasteiger partial charge in [0.2, 0.25) is 0 Å². The van der Waals surface area contributed by atoms with Crippen LogP contribution in [0.4, 0.5) is 14.5 Å². The first kappa shape index (κ1) is 15.7. The zero-order chi connectivity index (χ0) is 16.2. The number of nitrogens with zero attached hydrogens (tertiary/aromatic N) is 2. The van der Waals surface area contributed by atoms with E-state index in [1.165, 1.54) is 12.1 Å². The highest BCUT2D eigenvalue weighted by atomic mass is 19.1. The van der Waals surface area contributed by atoms with Crippen molar-refractivity contribution < 1.29 is 13.5 Å². The summed E-state index contributed by atoms with van der Waals surface area (Å²) >= 11 is 0. The lowest BCUT2D eigenvalue weighted by molar-refractivity contribution is 0.245. The molecular weight excluding hydrogens is 298 g/mol. The molecule has 23 heavy (non-hydrogen) atoms. The molecule has 2 aromatic carbocycles. The summed E-state index contributed by atoms with van der Waals surface area (Å²) in [7, 11) is 1.67. The van der Waals surface area contributed by atoms with Crippen LogP contribution in [0, 0.1) is 11.6 Å². The molecule has 0 amide bonds. The molecule has 2 aromatic rings. The summed E-state index contributed by atoms with van der Waals surface area (Å²) in [6.45, 7) is 3.69. The minimum absolute atomic E-state index is 0.349. The highest BCUT2D eigenvalue weighted by molar-refractivity contribution is 5.58. The third-order valence-electron chi connectivity index (χ3n) is 4.20. The lowest BCUT2D eigenvalue weighted by Gasteiger charge is -2.36. The van der Waals surface area contributed by atoms with Gasteiger partial charge in [-0.25, -0.2) is 8.78 Å². The number of benzene rings is 2. The van der Waals surface area contributed by atoms with Crippen LogP contribution in [-0.4, -0.2) is 38.2 Å². The Morgan fingerprint density at radius 2 is 1.74 bits per heavy atom. The quantitative estimate of drug-likeness (QED) is 0.860. The van der Waals surface area contributed by atoms with Crippen LogP contribution in [0.25, 0.3) is 0 Å². The molecule has 1 aliphatic rings. The van der Waals surface area contributed by atoms with Crippen LogP contribution in [0.5, 0.6) is 5.75 Å². The Labute approximate surface area is 135 Å². The van der Waals surface area contributed by atoms with E-state index in [4.69, 9.17) is 4.74 Å². The van der Waals surface area contributed by atoms with E-state index in [1.807, 2.05) is 24.3 Å². The Hall–Kier alpha value is -2.14. The maximum absolute atomic E-state index is 13.7. The van der Waals surface area contributed by atoms with Gasteiger partial charge < -0.3 is 9.64 Å². The fraction of sp³-hybridized carbons (Fsp3) is 0.333. The SMILES string of the molecule is COc1ccccc1N1CCN(Cc2cc(F)ccc2F)CC1. The molecule has 1 saturated heterocycles. The Morgan fingerprint density at radius 1 is 1.00 bits per heavy atom. The van der Waals surface area contributed by atoms with Crippen molar-refractivity contribution in [1.82, 2.24) is 4.90 Å². The van der Waals surface area contributed by atoms with Gasteiger partial charge in [-0.05, 0) is 30.3 Å². The molecular formula is C18H20F2N2O. The van der Waals surface area contributed by atoms with Gasteiger partial charge in [0.05, 0.1) is 12.8 Å². The molecule has 0 radical (unpaired) electrons. The van der Waals surface area contributed by atoms with E-state index in [2.05, 4.69) is 9.80 Å². The van der Waals surface area contributed by atoms with Crippen LogP contribution in [0.3, 0.4) is 0 Å². The van der Waals surface area contributed by atoms with Crippen molar-refractivity contribution in [2.75, 3.05) is 38.2 Å². The predicted octanol–water partition coefficient (Wildman–Crippen LogP) is 3.30. The zero-order valence-electron chi connectivity index (χ0n) is 13.1. The third-order valence-corrected chi connectivity index (χ3v) is 4.20. The van der Waals surface area contributed by atoms with E-state index in [0.717, 1.165) is 43.7 Å². The molecule has 0 spiro atoms. The summed E-state index contributed by atoms with van der Waals surface area (Å²) in [5.74, 6) is 0.116. The second kappa shape index (κ2) is 6.96. The van der Waals surface area contributed by atoms with E-state index in [0.29, 0.717) is 12.1 Å². The topological polar surface area (TPSA) is 15.7 Å². The van der Waals surface area contributed by atoms with Crippen molar-refractivity contribution >= 4 is 5.69 Å². The number of halogens is 2. The van der Waals surface area contributed by atoms with Gasteiger partial charge in [0.15, 0.2) is 0 Å². The first-order valence-electron chi connectivity index (χ1n) is 7.71. The van der Waals surface area contributed by atoms with Gasteiger partial charge in [-0.15, -0.1) is 0 Å². The molecule has 5 heteroatoms. The highest BCUT2D eigenvalue weighted by Crippen LogP contribution is 2.28. The highest BCUT2D eigenvalue weighted by Gasteiger charge is 2.20. The van der Waals surface area contributed by atoms with Crippen molar-refractivity contribution in [2.45, 2.75) is 6.54 Å². The number of rotatable bonds is 4. The zero-order valence-corrected chi connectivity index (χ0v) is 13.1. The van der Waals surface area contributed by atoms with Crippen LogP contribution in [-0.2, 0) is 6.54 Å². The number of piperazine rings is 1. The van der Waals surface area contributed by atoms with Gasteiger partial charge in [-0.2, -0.15) is 0 Å². The Bertz CT molecular complexity index is 670. The normalized spacial score (nSPS) is 15.7. The molecule has 1 aliphatic heterocycles. The minimum Gasteiger partial charge on any atom is -0.495 e. The van der Waals surface area contributed by atoms with E-state index < -0.39 is 5.82 Å². The predicted molar refractivity (Wildman–Crippen MR) is 86.8 cm³/mol. The summed E-state index contributed by atoms with van der Waals surface area (Å²) in [5.41, 5.74) is 1.49. The lowest BCUT2D eigenvalue weighted by Crippen LogP contribution is -2.46. The molecule has 0 aliphatic carbocycles. The van der Waals surface area contributed by atoms with Crippen LogP contribution < -0.4 is 9.64 Å². The Balaban J connectivity index is 1.63. The van der Waals surface area contributed by atoms with E-state index in [1.54, 1.807) is 7.11 Å². The fourth-order valence-electron chi connectivity index (χ4n) is 2.94. The molecule has 0 atom stereocenters. The van der Waals surface area contributed by atoms with Gasteiger partial charge in [-0.1, -0.05) is 12.1 Å². The largest absolute Gasteiger partial charge is 0.495 e. The number of ether oxygens (including phenoxy) is 1. The van der Waals surface area contributed by atoms with Gasteiger partial charge in [0.25, 0.3) is 0 Å². The van der Waals surface area contributed by atoms with Crippen LogP contribution in [0.15, 0.2) is 42.5 Å². The number of hydrogen-bond donors (Lipinski definition) is 0. The first-order valence-corrected chi connectivity index (χ1v) is 7.71. The Kier molecular flexibility index (Phi) is 4.76. The van der Waals surface area contributed by atoms with Crippen LogP contribution in [0.2, 0.25) is 0 Å². The second-order valence-electron chi connectivity index (χ2n) is 5.67. The van der Waals surface area contributed by atoms with Crippen molar-refractivity contribution in [2.24, 2.45) is 0 Å². The summed E-state index contributed by atoms with van der Waals surface area (Å²) in [6.07, 6.45) is 0. The minimum atomic E-state index is -0.394. The van der Waals surface area contributed by atoms with E-state index >= 15 is 0 Å². The number of anilines is 1. The van der Waals surface area contributed by atoms with Crippen molar-refractivity contribution in [1.29, 1.82) is 0 Å². The van der Waals surface area contributed by atoms with E-state index in [-0.39, 0.29) is 5.82 Å². The van der Waals surface area contributed by atoms with Gasteiger partial charge in [-0.3, -0.25) is 4.90 Å². The Morgan fingerprint density at radius 3 is 2.48 bits per heavy atom. The molecule has 3 rings (SSSR count). The smallest absolute Gasteiger partial charge is 0.142 e. The average Bonchev–Trinajstić information content (AvgIpc) is 2.59. The number of para-hydroxylation sites is 2. The molecule has 122 valence electrons.